The van der Waals surface area contributed by atoms with E-state index in [4.69, 9.17) is 10.2 Å². The molecule has 5 heteroatoms. The molecule has 0 amide bonds. The summed E-state index contributed by atoms with van der Waals surface area (Å²) in [7, 11) is 0. The molecule has 1 saturated carbocycles. The van der Waals surface area contributed by atoms with Crippen LogP contribution in [-0.2, 0) is 9.59 Å². The third-order valence-corrected chi connectivity index (χ3v) is 3.19. The number of hydrogen-bond donors (Lipinski definition) is 3. The molecular formula is C8H11NO4. The van der Waals surface area contributed by atoms with Crippen molar-refractivity contribution in [1.82, 2.24) is 5.32 Å². The molecule has 2 fully saturated rings. The molecule has 1 aliphatic carbocycles. The van der Waals surface area contributed by atoms with Crippen molar-refractivity contribution in [3.63, 3.8) is 0 Å². The summed E-state index contributed by atoms with van der Waals surface area (Å²) in [5, 5.41) is 20.6. The fourth-order valence-electron chi connectivity index (χ4n) is 2.57. The lowest BCUT2D eigenvalue weighted by atomic mass is 9.58. The van der Waals surface area contributed by atoms with E-state index in [-0.39, 0.29) is 11.8 Å². The van der Waals surface area contributed by atoms with Gasteiger partial charge in [0.2, 0.25) is 0 Å². The second kappa shape index (κ2) is 2.70. The van der Waals surface area contributed by atoms with Gasteiger partial charge in [-0.2, -0.15) is 0 Å². The average Bonchev–Trinajstić information content (AvgIpc) is 2.31. The highest BCUT2D eigenvalue weighted by atomic mass is 16.4. The van der Waals surface area contributed by atoms with Crippen LogP contribution in [0.25, 0.3) is 0 Å². The summed E-state index contributed by atoms with van der Waals surface area (Å²) in [5.41, 5.74) is 0. The summed E-state index contributed by atoms with van der Waals surface area (Å²) >= 11 is 0. The molecular weight excluding hydrogens is 174 g/mol. The topological polar surface area (TPSA) is 86.6 Å². The minimum Gasteiger partial charge on any atom is -0.481 e. The molecule has 3 N–H and O–H groups in total. The van der Waals surface area contributed by atoms with E-state index in [0.29, 0.717) is 13.1 Å². The fourth-order valence-corrected chi connectivity index (χ4v) is 2.57. The molecule has 1 aliphatic heterocycles. The summed E-state index contributed by atoms with van der Waals surface area (Å²) in [5.74, 6) is -3.26. The van der Waals surface area contributed by atoms with Crippen LogP contribution in [0, 0.1) is 23.7 Å². The van der Waals surface area contributed by atoms with Crippen molar-refractivity contribution in [3.8, 4) is 0 Å². The van der Waals surface area contributed by atoms with Crippen LogP contribution in [0.4, 0.5) is 0 Å². The number of carboxylic acids is 2. The molecule has 2 rings (SSSR count). The van der Waals surface area contributed by atoms with E-state index >= 15 is 0 Å². The fraction of sp³-hybridized carbons (Fsp3) is 0.750. The van der Waals surface area contributed by atoms with Gasteiger partial charge in [0.05, 0.1) is 11.8 Å². The second-order valence-corrected chi connectivity index (χ2v) is 3.71. The van der Waals surface area contributed by atoms with Crippen LogP contribution in [0.3, 0.4) is 0 Å². The van der Waals surface area contributed by atoms with E-state index in [0.717, 1.165) is 0 Å². The summed E-state index contributed by atoms with van der Waals surface area (Å²) in [6.07, 6.45) is 0. The van der Waals surface area contributed by atoms with Crippen LogP contribution < -0.4 is 5.32 Å². The Balaban J connectivity index is 2.17. The molecule has 0 spiro atoms. The van der Waals surface area contributed by atoms with Crippen molar-refractivity contribution >= 4 is 11.9 Å². The van der Waals surface area contributed by atoms with E-state index in [1.807, 2.05) is 0 Å². The first-order valence-electron chi connectivity index (χ1n) is 4.29. The van der Waals surface area contributed by atoms with Crippen molar-refractivity contribution in [2.75, 3.05) is 13.1 Å². The molecule has 4 atom stereocenters. The Hall–Kier alpha value is -1.10. The number of nitrogens with one attached hydrogen (secondary N) is 1. The van der Waals surface area contributed by atoms with Crippen LogP contribution in [-0.4, -0.2) is 35.2 Å². The molecule has 1 heterocycles. The van der Waals surface area contributed by atoms with Crippen LogP contribution in [0.2, 0.25) is 0 Å². The SMILES string of the molecule is O=C(O)[C@@H]1[C@@H]2CNC[C@@H]2[C@H]1C(=O)O. The quantitative estimate of drug-likeness (QED) is 0.526. The number of hydrogen-bond acceptors (Lipinski definition) is 3. The van der Waals surface area contributed by atoms with E-state index in [2.05, 4.69) is 5.32 Å². The minimum absolute atomic E-state index is 0.0265. The van der Waals surface area contributed by atoms with Gasteiger partial charge in [-0.15, -0.1) is 0 Å². The van der Waals surface area contributed by atoms with Crippen molar-refractivity contribution < 1.29 is 19.8 Å². The maximum atomic E-state index is 10.7. The smallest absolute Gasteiger partial charge is 0.307 e. The van der Waals surface area contributed by atoms with Crippen molar-refractivity contribution in [3.05, 3.63) is 0 Å². The largest absolute Gasteiger partial charge is 0.481 e. The number of carboxylic acid groups (broad SMARTS) is 2. The summed E-state index contributed by atoms with van der Waals surface area (Å²) in [6.45, 7) is 1.29. The molecule has 1 saturated heterocycles. The minimum atomic E-state index is -0.975. The first kappa shape index (κ1) is 8.50. The third-order valence-electron chi connectivity index (χ3n) is 3.19. The van der Waals surface area contributed by atoms with Crippen LogP contribution in [0.15, 0.2) is 0 Å². The molecule has 0 aromatic rings. The first-order valence-corrected chi connectivity index (χ1v) is 4.29. The predicted octanol–water partition coefficient (Wildman–Crippen LogP) is -0.763. The maximum Gasteiger partial charge on any atom is 0.307 e. The molecule has 0 bridgehead atoms. The van der Waals surface area contributed by atoms with Crippen molar-refractivity contribution in [2.45, 2.75) is 0 Å². The van der Waals surface area contributed by atoms with Crippen LogP contribution >= 0.6 is 0 Å². The zero-order chi connectivity index (χ0) is 9.59. The van der Waals surface area contributed by atoms with Gasteiger partial charge in [0.25, 0.3) is 0 Å². The van der Waals surface area contributed by atoms with Crippen molar-refractivity contribution in [1.29, 1.82) is 0 Å². The molecule has 5 nitrogen and oxygen atoms in total. The maximum absolute atomic E-state index is 10.7. The monoisotopic (exact) mass is 185 g/mol. The highest BCUT2D eigenvalue weighted by molar-refractivity contribution is 5.83. The highest BCUT2D eigenvalue weighted by Crippen LogP contribution is 2.48. The molecule has 0 aromatic heterocycles. The first-order chi connectivity index (χ1) is 6.13. The van der Waals surface area contributed by atoms with Crippen LogP contribution in [0.5, 0.6) is 0 Å². The number of aliphatic carboxylic acids is 2. The molecule has 0 aromatic carbocycles. The Morgan fingerprint density at radius 3 is 1.69 bits per heavy atom. The van der Waals surface area contributed by atoms with Gasteiger partial charge >= 0.3 is 11.9 Å². The Kier molecular flexibility index (Phi) is 1.76. The predicted molar refractivity (Wildman–Crippen MR) is 42.1 cm³/mol. The normalized spacial score (nSPS) is 42.2. The van der Waals surface area contributed by atoms with E-state index < -0.39 is 23.8 Å². The van der Waals surface area contributed by atoms with Gasteiger partial charge in [0.1, 0.15) is 0 Å². The molecule has 72 valence electrons. The second-order valence-electron chi connectivity index (χ2n) is 3.71. The zero-order valence-electron chi connectivity index (χ0n) is 6.93. The number of fused-ring (bicyclic) bond motifs is 1. The lowest BCUT2D eigenvalue weighted by molar-refractivity contribution is -0.170. The summed E-state index contributed by atoms with van der Waals surface area (Å²) in [4.78, 5) is 21.5. The average molecular weight is 185 g/mol. The third kappa shape index (κ3) is 1.03. The van der Waals surface area contributed by atoms with Gasteiger partial charge in [-0.25, -0.2) is 0 Å². The standard InChI is InChI=1S/C8H11NO4/c10-7(11)5-3-1-9-2-4(3)6(5)8(12)13/h3-6,9H,1-2H2,(H,10,11)(H,12,13)/t3-,4+,5-,6-/m1/s1. The molecule has 13 heavy (non-hydrogen) atoms. The number of rotatable bonds is 2. The van der Waals surface area contributed by atoms with Crippen molar-refractivity contribution in [2.24, 2.45) is 23.7 Å². The van der Waals surface area contributed by atoms with Gasteiger partial charge in [0.15, 0.2) is 0 Å². The molecule has 0 radical (unpaired) electrons. The number of carbonyl (C=O) groups is 2. The Morgan fingerprint density at radius 1 is 1.00 bits per heavy atom. The van der Waals surface area contributed by atoms with Gasteiger partial charge in [-0.05, 0) is 24.9 Å². The highest BCUT2D eigenvalue weighted by Gasteiger charge is 2.59. The van der Waals surface area contributed by atoms with Gasteiger partial charge in [0, 0.05) is 0 Å². The molecule has 0 unspecified atom stereocenters. The zero-order valence-corrected chi connectivity index (χ0v) is 6.93. The van der Waals surface area contributed by atoms with E-state index in [1.165, 1.54) is 0 Å². The van der Waals surface area contributed by atoms with Gasteiger partial charge < -0.3 is 15.5 Å². The lowest BCUT2D eigenvalue weighted by Gasteiger charge is -2.42. The molecule has 2 aliphatic rings. The summed E-state index contributed by atoms with van der Waals surface area (Å²) < 4.78 is 0. The van der Waals surface area contributed by atoms with Crippen LogP contribution in [0.1, 0.15) is 0 Å². The van der Waals surface area contributed by atoms with E-state index in [9.17, 15) is 9.59 Å². The Bertz CT molecular complexity index is 239. The van der Waals surface area contributed by atoms with Gasteiger partial charge in [-0.3, -0.25) is 9.59 Å². The van der Waals surface area contributed by atoms with Gasteiger partial charge in [-0.1, -0.05) is 0 Å². The lowest BCUT2D eigenvalue weighted by Crippen LogP contribution is -2.53. The Labute approximate surface area is 74.7 Å². The summed E-state index contributed by atoms with van der Waals surface area (Å²) in [6, 6.07) is 0. The van der Waals surface area contributed by atoms with E-state index in [1.54, 1.807) is 0 Å². The Morgan fingerprint density at radius 2 is 1.38 bits per heavy atom.